The summed E-state index contributed by atoms with van der Waals surface area (Å²) in [5.74, 6) is 1.96. The van der Waals surface area contributed by atoms with Crippen LogP contribution in [-0.4, -0.2) is 5.78 Å². The third-order valence-electron chi connectivity index (χ3n) is 8.22. The van der Waals surface area contributed by atoms with E-state index in [1.807, 2.05) is 0 Å². The van der Waals surface area contributed by atoms with Crippen molar-refractivity contribution in [2.75, 3.05) is 0 Å². The molecule has 4 fully saturated rings. The van der Waals surface area contributed by atoms with Gasteiger partial charge in [-0.2, -0.15) is 0 Å². The molecular weight excluding hydrogens is 304 g/mol. The molecular formula is C24H34O. The van der Waals surface area contributed by atoms with E-state index in [4.69, 9.17) is 0 Å². The summed E-state index contributed by atoms with van der Waals surface area (Å²) < 4.78 is 0. The van der Waals surface area contributed by atoms with Crippen LogP contribution in [-0.2, 0) is 4.79 Å². The van der Waals surface area contributed by atoms with Gasteiger partial charge >= 0.3 is 0 Å². The van der Waals surface area contributed by atoms with E-state index < -0.39 is 0 Å². The maximum atomic E-state index is 12.1. The van der Waals surface area contributed by atoms with E-state index in [0.717, 1.165) is 6.42 Å². The smallest absolute Gasteiger partial charge is 0.133 e. The fourth-order valence-corrected chi connectivity index (χ4v) is 6.52. The van der Waals surface area contributed by atoms with Crippen LogP contribution in [0.1, 0.15) is 78.6 Å². The number of hydrogen-bond acceptors (Lipinski definition) is 1. The zero-order valence-corrected chi connectivity index (χ0v) is 16.4. The van der Waals surface area contributed by atoms with Crippen molar-refractivity contribution in [3.8, 4) is 0 Å². The zero-order valence-electron chi connectivity index (χ0n) is 16.4. The molecule has 0 N–H and O–H groups in total. The Labute approximate surface area is 153 Å². The van der Waals surface area contributed by atoms with Crippen molar-refractivity contribution in [2.45, 2.75) is 78.6 Å². The lowest BCUT2D eigenvalue weighted by Crippen LogP contribution is -2.36. The van der Waals surface area contributed by atoms with Crippen molar-refractivity contribution in [3.05, 3.63) is 35.5 Å². The lowest BCUT2D eigenvalue weighted by atomic mass is 9.63. The van der Waals surface area contributed by atoms with Crippen LogP contribution in [0.4, 0.5) is 0 Å². The van der Waals surface area contributed by atoms with Gasteiger partial charge in [-0.25, -0.2) is 0 Å². The maximum absolute atomic E-state index is 12.1. The summed E-state index contributed by atoms with van der Waals surface area (Å²) in [5, 5.41) is 0. The molecule has 0 aliphatic heterocycles. The second-order valence-electron chi connectivity index (χ2n) is 9.89. The standard InChI is InChI=1S/C24H34O/c1-16-14-24(12-13-24)15-20(17(16)2)8-7-19-6-5-11-23(4)21(18(3)25)9-10-22(19)23/h7-8,16,21-22H,2,5-6,9-15H2,1,3-4H3/b19-7+,20-8+/t16-,21?,22?,23?/m0/s1. The quantitative estimate of drug-likeness (QED) is 0.568. The Morgan fingerprint density at radius 3 is 2.64 bits per heavy atom. The number of rotatable bonds is 2. The summed E-state index contributed by atoms with van der Waals surface area (Å²) in [4.78, 5) is 12.1. The van der Waals surface area contributed by atoms with Gasteiger partial charge in [-0.05, 0) is 98.5 Å². The van der Waals surface area contributed by atoms with Crippen LogP contribution in [0.15, 0.2) is 35.5 Å². The van der Waals surface area contributed by atoms with Gasteiger partial charge in [0.25, 0.3) is 0 Å². The zero-order chi connectivity index (χ0) is 17.8. The van der Waals surface area contributed by atoms with E-state index in [1.54, 1.807) is 12.5 Å². The van der Waals surface area contributed by atoms with E-state index in [-0.39, 0.29) is 11.3 Å². The number of ketones is 1. The number of carbonyl (C=O) groups excluding carboxylic acids is 1. The molecule has 0 aromatic carbocycles. The number of allylic oxidation sites excluding steroid dienone is 5. The van der Waals surface area contributed by atoms with Gasteiger partial charge in [-0.1, -0.05) is 38.2 Å². The predicted molar refractivity (Wildman–Crippen MR) is 104 cm³/mol. The Hall–Kier alpha value is -1.11. The molecule has 0 amide bonds. The largest absolute Gasteiger partial charge is 0.300 e. The number of Topliss-reactive ketones (excluding diaryl/α,β-unsaturated/α-hetero) is 1. The first-order valence-electron chi connectivity index (χ1n) is 10.4. The highest BCUT2D eigenvalue weighted by atomic mass is 16.1. The Balaban J connectivity index is 1.59. The van der Waals surface area contributed by atoms with Crippen molar-refractivity contribution in [3.63, 3.8) is 0 Å². The predicted octanol–water partition coefficient (Wildman–Crippen LogP) is 6.41. The van der Waals surface area contributed by atoms with Gasteiger partial charge in [0.15, 0.2) is 0 Å². The first-order valence-corrected chi connectivity index (χ1v) is 10.4. The monoisotopic (exact) mass is 338 g/mol. The van der Waals surface area contributed by atoms with Crippen molar-refractivity contribution < 1.29 is 4.79 Å². The SMILES string of the molecule is C=C1/C(=C/C=C2\CCCC3(C)C(C(C)=O)CCC23)CC2(CC2)C[C@@H]1C. The van der Waals surface area contributed by atoms with E-state index in [0.29, 0.717) is 23.0 Å². The third-order valence-corrected chi connectivity index (χ3v) is 8.22. The van der Waals surface area contributed by atoms with Gasteiger partial charge < -0.3 is 0 Å². The van der Waals surface area contributed by atoms with Crippen LogP contribution < -0.4 is 0 Å². The molecule has 4 aliphatic carbocycles. The van der Waals surface area contributed by atoms with Crippen LogP contribution >= 0.6 is 0 Å². The molecule has 4 aliphatic rings. The molecule has 4 atom stereocenters. The minimum absolute atomic E-state index is 0.211. The first kappa shape index (κ1) is 17.3. The fourth-order valence-electron chi connectivity index (χ4n) is 6.52. The highest BCUT2D eigenvalue weighted by molar-refractivity contribution is 5.79. The molecule has 4 saturated carbocycles. The van der Waals surface area contributed by atoms with E-state index in [9.17, 15) is 4.79 Å². The molecule has 0 radical (unpaired) electrons. The topological polar surface area (TPSA) is 17.1 Å². The van der Waals surface area contributed by atoms with Crippen molar-refractivity contribution in [1.82, 2.24) is 0 Å². The third kappa shape index (κ3) is 2.88. The van der Waals surface area contributed by atoms with Gasteiger partial charge in [-0.15, -0.1) is 0 Å². The molecule has 0 bridgehead atoms. The Morgan fingerprint density at radius 1 is 1.20 bits per heavy atom. The normalized spacial score (nSPS) is 42.8. The number of hydrogen-bond donors (Lipinski definition) is 0. The van der Waals surface area contributed by atoms with Crippen LogP contribution in [0.5, 0.6) is 0 Å². The molecule has 0 saturated heterocycles. The number of fused-ring (bicyclic) bond motifs is 1. The second-order valence-corrected chi connectivity index (χ2v) is 9.89. The molecule has 4 rings (SSSR count). The second kappa shape index (κ2) is 5.96. The molecule has 3 unspecified atom stereocenters. The van der Waals surface area contributed by atoms with Crippen LogP contribution in [0.3, 0.4) is 0 Å². The highest BCUT2D eigenvalue weighted by Crippen LogP contribution is 2.60. The summed E-state index contributed by atoms with van der Waals surface area (Å²) in [6.45, 7) is 11.0. The average molecular weight is 339 g/mol. The first-order chi connectivity index (χ1) is 11.8. The van der Waals surface area contributed by atoms with Crippen LogP contribution in [0.2, 0.25) is 0 Å². The van der Waals surface area contributed by atoms with Gasteiger partial charge in [0.2, 0.25) is 0 Å². The van der Waals surface area contributed by atoms with Gasteiger partial charge in [-0.3, -0.25) is 4.79 Å². The Morgan fingerprint density at radius 2 is 1.96 bits per heavy atom. The van der Waals surface area contributed by atoms with E-state index in [2.05, 4.69) is 32.6 Å². The van der Waals surface area contributed by atoms with Crippen molar-refractivity contribution in [1.29, 1.82) is 0 Å². The summed E-state index contributed by atoms with van der Waals surface area (Å²) >= 11 is 0. The Bertz CT molecular complexity index is 660. The van der Waals surface area contributed by atoms with E-state index in [1.165, 1.54) is 62.5 Å². The van der Waals surface area contributed by atoms with E-state index >= 15 is 0 Å². The lowest BCUT2D eigenvalue weighted by molar-refractivity contribution is -0.124. The minimum Gasteiger partial charge on any atom is -0.300 e. The molecule has 25 heavy (non-hydrogen) atoms. The summed E-state index contributed by atoms with van der Waals surface area (Å²) in [6, 6.07) is 0. The summed E-state index contributed by atoms with van der Waals surface area (Å²) in [7, 11) is 0. The molecule has 0 aromatic rings. The Kier molecular flexibility index (Phi) is 4.13. The molecule has 0 heterocycles. The summed E-state index contributed by atoms with van der Waals surface area (Å²) in [5.41, 5.74) is 5.33. The molecule has 1 spiro atoms. The lowest BCUT2D eigenvalue weighted by Gasteiger charge is -2.41. The highest BCUT2D eigenvalue weighted by Gasteiger charge is 2.51. The average Bonchev–Trinajstić information content (AvgIpc) is 3.19. The van der Waals surface area contributed by atoms with Crippen molar-refractivity contribution in [2.24, 2.45) is 28.6 Å². The number of carbonyl (C=O) groups is 1. The van der Waals surface area contributed by atoms with Gasteiger partial charge in [0.05, 0.1) is 0 Å². The maximum Gasteiger partial charge on any atom is 0.133 e. The molecule has 1 heteroatoms. The summed E-state index contributed by atoms with van der Waals surface area (Å²) in [6.07, 6.45) is 16.3. The van der Waals surface area contributed by atoms with Gasteiger partial charge in [0, 0.05) is 5.92 Å². The van der Waals surface area contributed by atoms with Crippen LogP contribution in [0, 0.1) is 28.6 Å². The van der Waals surface area contributed by atoms with Crippen LogP contribution in [0.25, 0.3) is 0 Å². The molecule has 1 nitrogen and oxygen atoms in total. The fraction of sp³-hybridized carbons (Fsp3) is 0.708. The van der Waals surface area contributed by atoms with Crippen molar-refractivity contribution >= 4 is 5.78 Å². The molecule has 0 aromatic heterocycles. The molecule has 136 valence electrons. The van der Waals surface area contributed by atoms with Gasteiger partial charge in [0.1, 0.15) is 5.78 Å². The minimum atomic E-state index is 0.211.